The van der Waals surface area contributed by atoms with Crippen molar-refractivity contribution in [3.63, 3.8) is 0 Å². The van der Waals surface area contributed by atoms with Crippen molar-refractivity contribution in [2.75, 3.05) is 0 Å². The lowest BCUT2D eigenvalue weighted by atomic mass is 9.82. The molecule has 4 heteroatoms. The molecule has 5 atom stereocenters. The Bertz CT molecular complexity index is 530. The number of carbonyl (C=O) groups excluding carboxylic acids is 1. The molecule has 1 aliphatic heterocycles. The molecular formula is C22H42O3Si. The first-order valence-electron chi connectivity index (χ1n) is 10.4. The second-order valence-corrected chi connectivity index (χ2v) is 14.5. The van der Waals surface area contributed by atoms with Gasteiger partial charge in [0.2, 0.25) is 0 Å². The second-order valence-electron chi connectivity index (χ2n) is 9.72. The fourth-order valence-corrected chi connectivity index (χ4v) is 4.98. The van der Waals surface area contributed by atoms with Gasteiger partial charge in [-0.15, -0.1) is 0 Å². The van der Waals surface area contributed by atoms with Crippen molar-refractivity contribution in [2.45, 2.75) is 105 Å². The fourth-order valence-electron chi connectivity index (χ4n) is 3.50. The van der Waals surface area contributed by atoms with Gasteiger partial charge in [-0.25, -0.2) is 0 Å². The predicted molar refractivity (Wildman–Crippen MR) is 113 cm³/mol. The SMILES string of the molecule is CC[C@H](O[Si](C)(C)C(C)(C)C)[C@H](C)C1=C(C)C(=O)[C@H](C)[C@@H]([C@@H](C)CC)O1. The van der Waals surface area contributed by atoms with Gasteiger partial charge in [0, 0.05) is 11.5 Å². The molecule has 152 valence electrons. The number of Topliss-reactive ketones (excluding diaryl/α,β-unsaturated/α-hetero) is 1. The number of hydrogen-bond donors (Lipinski definition) is 0. The molecule has 0 aliphatic carbocycles. The summed E-state index contributed by atoms with van der Waals surface area (Å²) >= 11 is 0. The molecule has 26 heavy (non-hydrogen) atoms. The van der Waals surface area contributed by atoms with E-state index < -0.39 is 8.32 Å². The van der Waals surface area contributed by atoms with Gasteiger partial charge in [0.15, 0.2) is 14.1 Å². The van der Waals surface area contributed by atoms with Crippen LogP contribution in [0.1, 0.15) is 75.2 Å². The molecule has 0 N–H and O–H groups in total. The van der Waals surface area contributed by atoms with Crippen LogP contribution in [0.4, 0.5) is 0 Å². The van der Waals surface area contributed by atoms with Crippen LogP contribution in [0.5, 0.6) is 0 Å². The van der Waals surface area contributed by atoms with Gasteiger partial charge in [-0.3, -0.25) is 4.79 Å². The van der Waals surface area contributed by atoms with Crippen LogP contribution >= 0.6 is 0 Å². The highest BCUT2D eigenvalue weighted by Gasteiger charge is 2.43. The third-order valence-corrected chi connectivity index (χ3v) is 11.2. The molecule has 1 rings (SSSR count). The largest absolute Gasteiger partial charge is 0.493 e. The van der Waals surface area contributed by atoms with E-state index in [2.05, 4.69) is 61.6 Å². The lowest BCUT2D eigenvalue weighted by molar-refractivity contribution is -0.128. The molecule has 0 aromatic rings. The summed E-state index contributed by atoms with van der Waals surface area (Å²) in [6, 6.07) is 0. The highest BCUT2D eigenvalue weighted by atomic mass is 28.4. The molecule has 0 radical (unpaired) electrons. The van der Waals surface area contributed by atoms with Crippen LogP contribution in [0, 0.1) is 17.8 Å². The quantitative estimate of drug-likeness (QED) is 0.481. The third kappa shape index (κ3) is 4.81. The van der Waals surface area contributed by atoms with Crippen molar-refractivity contribution in [1.29, 1.82) is 0 Å². The summed E-state index contributed by atoms with van der Waals surface area (Å²) in [5.74, 6) is 1.50. The van der Waals surface area contributed by atoms with Crippen LogP contribution in [-0.2, 0) is 14.0 Å². The molecule has 0 aromatic carbocycles. The van der Waals surface area contributed by atoms with E-state index in [9.17, 15) is 4.79 Å². The Labute approximate surface area is 163 Å². The van der Waals surface area contributed by atoms with Crippen molar-refractivity contribution in [3.8, 4) is 0 Å². The highest BCUT2D eigenvalue weighted by molar-refractivity contribution is 6.74. The Morgan fingerprint density at radius 2 is 1.69 bits per heavy atom. The van der Waals surface area contributed by atoms with Crippen LogP contribution in [0.25, 0.3) is 0 Å². The van der Waals surface area contributed by atoms with Gasteiger partial charge in [-0.05, 0) is 37.4 Å². The number of allylic oxidation sites excluding steroid dienone is 1. The minimum absolute atomic E-state index is 0.0287. The summed E-state index contributed by atoms with van der Waals surface area (Å²) in [4.78, 5) is 12.9. The second kappa shape index (κ2) is 8.60. The zero-order valence-electron chi connectivity index (χ0n) is 19.0. The molecule has 0 fully saturated rings. The van der Waals surface area contributed by atoms with Crippen LogP contribution in [-0.4, -0.2) is 26.3 Å². The maximum atomic E-state index is 12.9. The van der Waals surface area contributed by atoms with E-state index in [4.69, 9.17) is 9.16 Å². The van der Waals surface area contributed by atoms with Crippen molar-refractivity contribution < 1.29 is 14.0 Å². The third-order valence-electron chi connectivity index (χ3n) is 6.74. The molecule has 1 aliphatic rings. The molecule has 0 spiro atoms. The lowest BCUT2D eigenvalue weighted by Gasteiger charge is -2.43. The van der Waals surface area contributed by atoms with Gasteiger partial charge in [0.1, 0.15) is 11.9 Å². The monoisotopic (exact) mass is 382 g/mol. The molecule has 0 bridgehead atoms. The zero-order chi connectivity index (χ0) is 20.4. The van der Waals surface area contributed by atoms with Crippen LogP contribution in [0.3, 0.4) is 0 Å². The maximum Gasteiger partial charge on any atom is 0.192 e. The average molecular weight is 383 g/mol. The smallest absolute Gasteiger partial charge is 0.192 e. The first-order chi connectivity index (χ1) is 11.8. The van der Waals surface area contributed by atoms with Gasteiger partial charge < -0.3 is 9.16 Å². The first kappa shape index (κ1) is 23.4. The Morgan fingerprint density at radius 1 is 1.15 bits per heavy atom. The van der Waals surface area contributed by atoms with E-state index in [0.717, 1.165) is 24.2 Å². The Balaban J connectivity index is 3.15. The fraction of sp³-hybridized carbons (Fsp3) is 0.864. The molecule has 0 unspecified atom stereocenters. The van der Waals surface area contributed by atoms with Crippen molar-refractivity contribution >= 4 is 14.1 Å². The van der Waals surface area contributed by atoms with E-state index in [-0.39, 0.29) is 34.9 Å². The van der Waals surface area contributed by atoms with Gasteiger partial charge in [0.05, 0.1) is 12.0 Å². The summed E-state index contributed by atoms with van der Waals surface area (Å²) in [7, 11) is -1.88. The zero-order valence-corrected chi connectivity index (χ0v) is 20.0. The van der Waals surface area contributed by atoms with E-state index in [1.54, 1.807) is 0 Å². The van der Waals surface area contributed by atoms with Crippen LogP contribution < -0.4 is 0 Å². The summed E-state index contributed by atoms with van der Waals surface area (Å²) < 4.78 is 13.2. The molecule has 0 saturated carbocycles. The standard InChI is InChI=1S/C22H42O3Si/c1-12-14(3)20-16(5)19(23)17(6)21(24-20)15(4)18(13-2)25-26(10,11)22(7,8)9/h14-16,18,20H,12-13H2,1-11H3/t14-,15-,16-,18-,20+/m0/s1. The Kier molecular flexibility index (Phi) is 7.75. The molecule has 0 aromatic heterocycles. The number of ketones is 1. The predicted octanol–water partition coefficient (Wildman–Crippen LogP) is 6.35. The molecule has 0 saturated heterocycles. The highest BCUT2D eigenvalue weighted by Crippen LogP contribution is 2.41. The average Bonchev–Trinajstić information content (AvgIpc) is 2.55. The van der Waals surface area contributed by atoms with Crippen molar-refractivity contribution in [1.82, 2.24) is 0 Å². The Morgan fingerprint density at radius 3 is 2.12 bits per heavy atom. The summed E-state index contributed by atoms with van der Waals surface area (Å²) in [6.45, 7) is 24.0. The van der Waals surface area contributed by atoms with Gasteiger partial charge in [-0.1, -0.05) is 61.8 Å². The van der Waals surface area contributed by atoms with Crippen molar-refractivity contribution in [2.24, 2.45) is 17.8 Å². The molecule has 0 amide bonds. The normalized spacial score (nSPS) is 25.7. The van der Waals surface area contributed by atoms with Gasteiger partial charge >= 0.3 is 0 Å². The van der Waals surface area contributed by atoms with E-state index in [1.807, 2.05) is 13.8 Å². The van der Waals surface area contributed by atoms with E-state index in [1.165, 1.54) is 0 Å². The lowest BCUT2D eigenvalue weighted by Crippen LogP contribution is -2.47. The molecule has 3 nitrogen and oxygen atoms in total. The number of ether oxygens (including phenoxy) is 1. The van der Waals surface area contributed by atoms with Gasteiger partial charge in [-0.2, -0.15) is 0 Å². The molecule has 1 heterocycles. The minimum Gasteiger partial charge on any atom is -0.493 e. The minimum atomic E-state index is -1.88. The molecular weight excluding hydrogens is 340 g/mol. The summed E-state index contributed by atoms with van der Waals surface area (Å²) in [5.41, 5.74) is 0.793. The first-order valence-corrected chi connectivity index (χ1v) is 13.3. The topological polar surface area (TPSA) is 35.5 Å². The van der Waals surface area contributed by atoms with Crippen LogP contribution in [0.15, 0.2) is 11.3 Å². The Hall–Kier alpha value is -0.613. The maximum absolute atomic E-state index is 12.9. The van der Waals surface area contributed by atoms with Crippen molar-refractivity contribution in [3.05, 3.63) is 11.3 Å². The van der Waals surface area contributed by atoms with E-state index >= 15 is 0 Å². The number of carbonyl (C=O) groups is 1. The van der Waals surface area contributed by atoms with Crippen LogP contribution in [0.2, 0.25) is 18.1 Å². The number of hydrogen-bond acceptors (Lipinski definition) is 3. The summed E-state index contributed by atoms with van der Waals surface area (Å²) in [5, 5.41) is 0.167. The van der Waals surface area contributed by atoms with E-state index in [0.29, 0.717) is 5.92 Å². The summed E-state index contributed by atoms with van der Waals surface area (Å²) in [6.07, 6.45) is 1.99. The van der Waals surface area contributed by atoms with Gasteiger partial charge in [0.25, 0.3) is 0 Å². The number of rotatable bonds is 7.